The van der Waals surface area contributed by atoms with Crippen molar-refractivity contribution in [2.24, 2.45) is 5.10 Å². The highest BCUT2D eigenvalue weighted by molar-refractivity contribution is 6.06. The summed E-state index contributed by atoms with van der Waals surface area (Å²) in [5.41, 5.74) is -1.39. The van der Waals surface area contributed by atoms with Crippen LogP contribution in [0, 0.1) is 5.82 Å². The molecule has 12 heteroatoms. The maximum absolute atomic E-state index is 14.3. The summed E-state index contributed by atoms with van der Waals surface area (Å²) in [4.78, 5) is 18.9. The molecular formula is C20H19F4N5O3. The summed E-state index contributed by atoms with van der Waals surface area (Å²) in [6, 6.07) is 3.44. The van der Waals surface area contributed by atoms with Crippen molar-refractivity contribution in [3.05, 3.63) is 48.0 Å². The Morgan fingerprint density at radius 1 is 1.16 bits per heavy atom. The number of rotatable bonds is 6. The van der Waals surface area contributed by atoms with Gasteiger partial charge < -0.3 is 14.8 Å². The predicted octanol–water partition coefficient (Wildman–Crippen LogP) is 3.31. The van der Waals surface area contributed by atoms with Crippen LogP contribution >= 0.6 is 0 Å². The molecule has 2 heterocycles. The fourth-order valence-corrected chi connectivity index (χ4v) is 2.73. The number of nitrogens with one attached hydrogen (secondary N) is 1. The van der Waals surface area contributed by atoms with Crippen LogP contribution in [0.1, 0.15) is 19.4 Å². The van der Waals surface area contributed by atoms with Crippen LogP contribution in [-0.4, -0.2) is 47.6 Å². The smallest absolute Gasteiger partial charge is 0.427 e. The number of hydrogen-bond donors (Lipinski definition) is 1. The summed E-state index contributed by atoms with van der Waals surface area (Å²) in [7, 11) is 1.41. The van der Waals surface area contributed by atoms with Crippen molar-refractivity contribution in [3.8, 4) is 11.8 Å². The van der Waals surface area contributed by atoms with Gasteiger partial charge in [-0.15, -0.1) is 0 Å². The Bertz CT molecular complexity index is 1050. The molecule has 0 atom stereocenters. The first-order chi connectivity index (χ1) is 15.0. The van der Waals surface area contributed by atoms with E-state index < -0.39 is 17.6 Å². The lowest BCUT2D eigenvalue weighted by atomic mass is 10.0. The molecule has 0 fully saturated rings. The molecule has 1 aromatic carbocycles. The van der Waals surface area contributed by atoms with E-state index in [1.165, 1.54) is 36.7 Å². The van der Waals surface area contributed by atoms with E-state index in [-0.39, 0.29) is 29.7 Å². The fraction of sp³-hybridized carbons (Fsp3) is 0.300. The number of amidine groups is 1. The summed E-state index contributed by atoms with van der Waals surface area (Å²) < 4.78 is 63.8. The number of benzene rings is 1. The third kappa shape index (κ3) is 5.13. The highest BCUT2D eigenvalue weighted by atomic mass is 19.4. The Morgan fingerprint density at radius 3 is 2.44 bits per heavy atom. The monoisotopic (exact) mass is 453 g/mol. The van der Waals surface area contributed by atoms with E-state index >= 15 is 0 Å². The molecule has 2 aromatic rings. The number of hydrazone groups is 1. The number of halogens is 4. The van der Waals surface area contributed by atoms with E-state index in [0.29, 0.717) is 17.7 Å². The highest BCUT2D eigenvalue weighted by Crippen LogP contribution is 2.35. The molecule has 1 aromatic heterocycles. The van der Waals surface area contributed by atoms with Gasteiger partial charge in [0.25, 0.3) is 0 Å². The predicted molar refractivity (Wildman–Crippen MR) is 108 cm³/mol. The Labute approximate surface area is 180 Å². The summed E-state index contributed by atoms with van der Waals surface area (Å²) in [5.74, 6) is -0.961. The van der Waals surface area contributed by atoms with Crippen LogP contribution in [0.25, 0.3) is 5.57 Å². The van der Waals surface area contributed by atoms with Gasteiger partial charge in [-0.05, 0) is 43.2 Å². The van der Waals surface area contributed by atoms with Crippen LogP contribution in [0.15, 0.2) is 41.8 Å². The largest absolute Gasteiger partial charge is 0.478 e. The van der Waals surface area contributed by atoms with E-state index in [9.17, 15) is 22.4 Å². The Balaban J connectivity index is 1.95. The Kier molecular flexibility index (Phi) is 6.32. The second-order valence-corrected chi connectivity index (χ2v) is 7.19. The molecule has 8 nitrogen and oxygen atoms in total. The maximum atomic E-state index is 14.3. The van der Waals surface area contributed by atoms with Crippen LogP contribution in [0.4, 0.5) is 23.2 Å². The van der Waals surface area contributed by atoms with Crippen molar-refractivity contribution in [3.63, 3.8) is 0 Å². The number of hydrogen-bond acceptors (Lipinski definition) is 7. The number of nitrogens with zero attached hydrogens (tertiary/aromatic N) is 4. The first-order valence-corrected chi connectivity index (χ1v) is 9.22. The van der Waals surface area contributed by atoms with Gasteiger partial charge in [-0.3, -0.25) is 9.80 Å². The van der Waals surface area contributed by atoms with E-state index in [2.05, 4.69) is 20.4 Å². The van der Waals surface area contributed by atoms with E-state index in [1.807, 2.05) is 0 Å². The molecule has 1 aliphatic rings. The molecule has 3 rings (SSSR count). The van der Waals surface area contributed by atoms with Gasteiger partial charge in [-0.1, -0.05) is 0 Å². The lowest BCUT2D eigenvalue weighted by Crippen LogP contribution is -2.44. The number of ether oxygens (including phenoxy) is 2. The first kappa shape index (κ1) is 23.0. The van der Waals surface area contributed by atoms with Crippen LogP contribution in [0.2, 0.25) is 0 Å². The zero-order chi connectivity index (χ0) is 23.5. The average Bonchev–Trinajstić information content (AvgIpc) is 2.72. The molecule has 0 bridgehead atoms. The number of alkyl halides is 3. The van der Waals surface area contributed by atoms with Gasteiger partial charge >= 0.3 is 12.2 Å². The first-order valence-electron chi connectivity index (χ1n) is 9.22. The van der Waals surface area contributed by atoms with Gasteiger partial charge in [0.05, 0.1) is 31.7 Å². The van der Waals surface area contributed by atoms with Gasteiger partial charge in [0, 0.05) is 6.07 Å². The van der Waals surface area contributed by atoms with Gasteiger partial charge in [-0.25, -0.2) is 14.4 Å². The third-order valence-corrected chi connectivity index (χ3v) is 4.46. The molecule has 32 heavy (non-hydrogen) atoms. The summed E-state index contributed by atoms with van der Waals surface area (Å²) >= 11 is 0. The third-order valence-electron chi connectivity index (χ3n) is 4.46. The lowest BCUT2D eigenvalue weighted by molar-refractivity contribution is -0.234. The summed E-state index contributed by atoms with van der Waals surface area (Å²) in [5, 5.41) is 8.09. The van der Waals surface area contributed by atoms with Gasteiger partial charge in [0.2, 0.25) is 6.41 Å². The van der Waals surface area contributed by atoms with Crippen molar-refractivity contribution in [2.75, 3.05) is 18.7 Å². The number of aromatic nitrogens is 2. The average molecular weight is 453 g/mol. The number of anilines is 1. The van der Waals surface area contributed by atoms with Crippen molar-refractivity contribution < 1.29 is 31.8 Å². The van der Waals surface area contributed by atoms with Gasteiger partial charge in [0.1, 0.15) is 11.6 Å². The maximum Gasteiger partial charge on any atom is 0.427 e. The Morgan fingerprint density at radius 2 is 1.84 bits per heavy atom. The van der Waals surface area contributed by atoms with Gasteiger partial charge in [-0.2, -0.15) is 18.3 Å². The molecule has 0 radical (unpaired) electrons. The van der Waals surface area contributed by atoms with Gasteiger partial charge in [0.15, 0.2) is 11.4 Å². The second kappa shape index (κ2) is 8.81. The molecule has 0 saturated carbocycles. The number of carbonyl (C=O) groups is 1. The molecule has 0 aliphatic carbocycles. The Hall–Kier alpha value is -3.70. The summed E-state index contributed by atoms with van der Waals surface area (Å²) in [6.45, 7) is 1.79. The molecule has 1 N–H and O–H groups in total. The second-order valence-electron chi connectivity index (χ2n) is 7.19. The fourth-order valence-electron chi connectivity index (χ4n) is 2.73. The van der Waals surface area contributed by atoms with Crippen molar-refractivity contribution in [1.29, 1.82) is 0 Å². The number of amides is 1. The van der Waals surface area contributed by atoms with Crippen LogP contribution in [0.3, 0.4) is 0 Å². The van der Waals surface area contributed by atoms with E-state index in [0.717, 1.165) is 26.0 Å². The normalized spacial score (nSPS) is 14.4. The molecule has 1 amide bonds. The van der Waals surface area contributed by atoms with Crippen LogP contribution < -0.4 is 19.8 Å². The minimum Gasteiger partial charge on any atom is -0.478 e. The molecule has 1 aliphatic heterocycles. The minimum absolute atomic E-state index is 0.0886. The SMILES string of the molecule is COc1ncc(N2CC(c3cc(F)cc(OC(C)(C)C(F)(F)F)c3)=CC(NC=O)=N2)cn1. The van der Waals surface area contributed by atoms with E-state index in [4.69, 9.17) is 9.47 Å². The zero-order valence-electron chi connectivity index (χ0n) is 17.3. The van der Waals surface area contributed by atoms with Crippen molar-refractivity contribution in [1.82, 2.24) is 15.3 Å². The lowest BCUT2D eigenvalue weighted by Gasteiger charge is -2.29. The highest BCUT2D eigenvalue weighted by Gasteiger charge is 2.49. The quantitative estimate of drug-likeness (QED) is 0.533. The number of carbonyl (C=O) groups excluding carboxylic acids is 1. The molecule has 170 valence electrons. The minimum atomic E-state index is -4.66. The molecule has 0 saturated heterocycles. The van der Waals surface area contributed by atoms with E-state index in [1.54, 1.807) is 0 Å². The van der Waals surface area contributed by atoms with Crippen molar-refractivity contribution in [2.45, 2.75) is 25.6 Å². The standard InChI is InChI=1S/C20H19F4N5O3/c1-19(2,20(22,23)24)32-16-5-12(4-14(21)7-16)13-6-17(27-11-30)28-29(10-13)15-8-25-18(31-3)26-9-15/h4-9,11H,10H2,1-3H3,(H,27,28,30). The topological polar surface area (TPSA) is 88.9 Å². The van der Waals surface area contributed by atoms with Crippen LogP contribution in [-0.2, 0) is 4.79 Å². The van der Waals surface area contributed by atoms with Crippen molar-refractivity contribution >= 4 is 23.5 Å². The number of methoxy groups -OCH3 is 1. The summed E-state index contributed by atoms with van der Waals surface area (Å²) in [6.07, 6.45) is 0.0870. The molecular weight excluding hydrogens is 434 g/mol. The van der Waals surface area contributed by atoms with Crippen LogP contribution in [0.5, 0.6) is 11.8 Å². The zero-order valence-corrected chi connectivity index (χ0v) is 17.3. The molecule has 0 spiro atoms. The molecule has 0 unspecified atom stereocenters.